The van der Waals surface area contributed by atoms with E-state index < -0.39 is 5.97 Å². The predicted molar refractivity (Wildman–Crippen MR) is 68.6 cm³/mol. The molecule has 1 heterocycles. The van der Waals surface area contributed by atoms with Gasteiger partial charge in [0, 0.05) is 18.8 Å². The maximum atomic E-state index is 11.1. The molecule has 0 bridgehead atoms. The Kier molecular flexibility index (Phi) is 3.69. The Labute approximate surface area is 105 Å². The highest BCUT2D eigenvalue weighted by atomic mass is 16.5. The van der Waals surface area contributed by atoms with Gasteiger partial charge in [0.05, 0.1) is 24.5 Å². The molecule has 1 aromatic carbocycles. The van der Waals surface area contributed by atoms with E-state index in [-0.39, 0.29) is 5.56 Å². The molecule has 1 aliphatic heterocycles. The van der Waals surface area contributed by atoms with Gasteiger partial charge in [-0.25, -0.2) is 9.80 Å². The number of ether oxygens (including phenoxy) is 1. The highest BCUT2D eigenvalue weighted by molar-refractivity contribution is 5.95. The van der Waals surface area contributed by atoms with Gasteiger partial charge in [-0.1, -0.05) is 0 Å². The molecule has 6 nitrogen and oxygen atoms in total. The van der Waals surface area contributed by atoms with E-state index in [0.29, 0.717) is 18.9 Å². The number of nitrogens with two attached hydrogens (primary N) is 1. The van der Waals surface area contributed by atoms with Gasteiger partial charge < -0.3 is 21.0 Å². The van der Waals surface area contributed by atoms with Crippen molar-refractivity contribution in [3.63, 3.8) is 0 Å². The van der Waals surface area contributed by atoms with Crippen molar-refractivity contribution >= 4 is 17.3 Å². The van der Waals surface area contributed by atoms with Crippen LogP contribution in [0.5, 0.6) is 0 Å². The highest BCUT2D eigenvalue weighted by Gasteiger charge is 2.14. The number of hydrogen-bond donors (Lipinski definition) is 3. The number of hydrazine groups is 1. The number of morpholine rings is 1. The number of carbonyl (C=O) groups is 1. The first-order valence-corrected chi connectivity index (χ1v) is 5.80. The van der Waals surface area contributed by atoms with Gasteiger partial charge in [-0.2, -0.15) is 0 Å². The number of aromatic carboxylic acids is 1. The van der Waals surface area contributed by atoms with Gasteiger partial charge >= 0.3 is 5.97 Å². The monoisotopic (exact) mass is 251 g/mol. The average Bonchev–Trinajstić information content (AvgIpc) is 2.34. The summed E-state index contributed by atoms with van der Waals surface area (Å²) >= 11 is 0. The zero-order valence-electron chi connectivity index (χ0n) is 10.3. The number of nitrogens with one attached hydrogen (secondary N) is 1. The lowest BCUT2D eigenvalue weighted by Crippen LogP contribution is -2.40. The molecule has 1 saturated heterocycles. The van der Waals surface area contributed by atoms with Gasteiger partial charge in [0.15, 0.2) is 0 Å². The number of nitrogen functional groups attached to an aromatic ring is 1. The first-order valence-electron chi connectivity index (χ1n) is 5.80. The quantitative estimate of drug-likeness (QED) is 0.693. The van der Waals surface area contributed by atoms with Crippen LogP contribution in [0.15, 0.2) is 12.1 Å². The van der Waals surface area contributed by atoms with Crippen LogP contribution in [0.3, 0.4) is 0 Å². The van der Waals surface area contributed by atoms with Crippen molar-refractivity contribution in [3.05, 3.63) is 23.3 Å². The Morgan fingerprint density at radius 1 is 1.44 bits per heavy atom. The van der Waals surface area contributed by atoms with Gasteiger partial charge in [0.25, 0.3) is 0 Å². The summed E-state index contributed by atoms with van der Waals surface area (Å²) in [7, 11) is 0. The van der Waals surface area contributed by atoms with Crippen molar-refractivity contribution in [1.82, 2.24) is 5.01 Å². The van der Waals surface area contributed by atoms with Crippen molar-refractivity contribution in [3.8, 4) is 0 Å². The minimum atomic E-state index is -1.01. The number of carboxylic acid groups (broad SMARTS) is 1. The van der Waals surface area contributed by atoms with Gasteiger partial charge in [-0.3, -0.25) is 0 Å². The van der Waals surface area contributed by atoms with Crippen LogP contribution in [0.2, 0.25) is 0 Å². The van der Waals surface area contributed by atoms with Crippen LogP contribution in [0, 0.1) is 6.92 Å². The molecule has 1 aliphatic rings. The van der Waals surface area contributed by atoms with Crippen LogP contribution in [-0.4, -0.2) is 42.4 Å². The van der Waals surface area contributed by atoms with E-state index in [1.807, 2.05) is 11.1 Å². The third-order valence-corrected chi connectivity index (χ3v) is 2.92. The number of benzene rings is 1. The third-order valence-electron chi connectivity index (χ3n) is 2.92. The number of carboxylic acids is 1. The van der Waals surface area contributed by atoms with Gasteiger partial charge in [0.1, 0.15) is 0 Å². The molecule has 4 N–H and O–H groups in total. The fourth-order valence-electron chi connectivity index (χ4n) is 1.90. The standard InChI is InChI=1S/C12H17N3O3/c1-8-6-9(7-10(11(8)13)12(16)17)14-15-2-4-18-5-3-15/h6-7,14H,2-5,13H2,1H3,(H,16,17). The Bertz CT molecular complexity index is 456. The average molecular weight is 251 g/mol. The largest absolute Gasteiger partial charge is 0.478 e. The molecule has 18 heavy (non-hydrogen) atoms. The van der Waals surface area contributed by atoms with Crippen molar-refractivity contribution < 1.29 is 14.6 Å². The lowest BCUT2D eigenvalue weighted by atomic mass is 10.1. The lowest BCUT2D eigenvalue weighted by molar-refractivity contribution is 0.0496. The molecule has 6 heteroatoms. The molecule has 0 atom stereocenters. The molecule has 0 radical (unpaired) electrons. The summed E-state index contributed by atoms with van der Waals surface area (Å²) in [6.45, 7) is 4.68. The molecule has 0 saturated carbocycles. The summed E-state index contributed by atoms with van der Waals surface area (Å²) in [4.78, 5) is 11.1. The first-order chi connectivity index (χ1) is 8.58. The van der Waals surface area contributed by atoms with Crippen LogP contribution in [-0.2, 0) is 4.74 Å². The second-order valence-corrected chi connectivity index (χ2v) is 4.27. The lowest BCUT2D eigenvalue weighted by Gasteiger charge is -2.28. The number of anilines is 2. The summed E-state index contributed by atoms with van der Waals surface area (Å²) in [5.74, 6) is -1.01. The molecule has 0 aliphatic carbocycles. The minimum Gasteiger partial charge on any atom is -0.478 e. The summed E-state index contributed by atoms with van der Waals surface area (Å²) < 4.78 is 5.25. The van der Waals surface area contributed by atoms with Gasteiger partial charge in [-0.05, 0) is 24.6 Å². The molecular weight excluding hydrogens is 234 g/mol. The predicted octanol–water partition coefficient (Wildman–Crippen LogP) is 0.935. The van der Waals surface area contributed by atoms with Crippen molar-refractivity contribution in [2.45, 2.75) is 6.92 Å². The molecular formula is C12H17N3O3. The fraction of sp³-hybridized carbons (Fsp3) is 0.417. The molecule has 98 valence electrons. The van der Waals surface area contributed by atoms with Crippen LogP contribution in [0.1, 0.15) is 15.9 Å². The number of aryl methyl sites for hydroxylation is 1. The van der Waals surface area contributed by atoms with Crippen LogP contribution < -0.4 is 11.2 Å². The molecule has 1 fully saturated rings. The number of rotatable bonds is 3. The third kappa shape index (κ3) is 2.72. The summed E-state index contributed by atoms with van der Waals surface area (Å²) in [6.07, 6.45) is 0. The van der Waals surface area contributed by atoms with Crippen molar-refractivity contribution in [2.24, 2.45) is 0 Å². The van der Waals surface area contributed by atoms with Crippen LogP contribution in [0.4, 0.5) is 11.4 Å². The van der Waals surface area contributed by atoms with Crippen LogP contribution in [0.25, 0.3) is 0 Å². The molecule has 0 unspecified atom stereocenters. The minimum absolute atomic E-state index is 0.130. The van der Waals surface area contributed by atoms with E-state index in [1.54, 1.807) is 13.0 Å². The van der Waals surface area contributed by atoms with Crippen molar-refractivity contribution in [1.29, 1.82) is 0 Å². The highest BCUT2D eigenvalue weighted by Crippen LogP contribution is 2.23. The van der Waals surface area contributed by atoms with E-state index >= 15 is 0 Å². The number of nitrogens with zero attached hydrogens (tertiary/aromatic N) is 1. The maximum Gasteiger partial charge on any atom is 0.337 e. The smallest absolute Gasteiger partial charge is 0.337 e. The van der Waals surface area contributed by atoms with Gasteiger partial charge in [-0.15, -0.1) is 0 Å². The maximum absolute atomic E-state index is 11.1. The Morgan fingerprint density at radius 3 is 2.72 bits per heavy atom. The molecule has 0 aromatic heterocycles. The Balaban J connectivity index is 2.20. The summed E-state index contributed by atoms with van der Waals surface area (Å²) in [5.41, 5.74) is 10.9. The topological polar surface area (TPSA) is 87.8 Å². The SMILES string of the molecule is Cc1cc(NN2CCOCC2)cc(C(=O)O)c1N. The zero-order valence-corrected chi connectivity index (χ0v) is 10.3. The molecule has 1 aromatic rings. The molecule has 2 rings (SSSR count). The molecule has 0 amide bonds. The van der Waals surface area contributed by atoms with E-state index in [0.717, 1.165) is 24.3 Å². The second-order valence-electron chi connectivity index (χ2n) is 4.27. The second kappa shape index (κ2) is 5.24. The van der Waals surface area contributed by atoms with E-state index in [2.05, 4.69) is 5.43 Å². The fourth-order valence-corrected chi connectivity index (χ4v) is 1.90. The summed E-state index contributed by atoms with van der Waals surface area (Å²) in [6, 6.07) is 3.40. The van der Waals surface area contributed by atoms with Crippen LogP contribution >= 0.6 is 0 Å². The Hall–Kier alpha value is -1.79. The normalized spacial score (nSPS) is 16.5. The van der Waals surface area contributed by atoms with E-state index in [4.69, 9.17) is 15.6 Å². The summed E-state index contributed by atoms with van der Waals surface area (Å²) in [5, 5.41) is 11.1. The number of hydrogen-bond acceptors (Lipinski definition) is 5. The first kappa shape index (κ1) is 12.7. The van der Waals surface area contributed by atoms with Gasteiger partial charge in [0.2, 0.25) is 0 Å². The zero-order chi connectivity index (χ0) is 13.1. The van der Waals surface area contributed by atoms with E-state index in [1.165, 1.54) is 0 Å². The Morgan fingerprint density at radius 2 is 2.11 bits per heavy atom. The molecule has 0 spiro atoms. The van der Waals surface area contributed by atoms with Crippen molar-refractivity contribution in [2.75, 3.05) is 37.5 Å². The van der Waals surface area contributed by atoms with E-state index in [9.17, 15) is 4.79 Å².